The van der Waals surface area contributed by atoms with Crippen molar-refractivity contribution in [3.63, 3.8) is 0 Å². The lowest BCUT2D eigenvalue weighted by molar-refractivity contribution is -0.153. The van der Waals surface area contributed by atoms with Crippen LogP contribution in [0, 0.1) is 11.8 Å². The second kappa shape index (κ2) is 4.23. The molecule has 0 radical (unpaired) electrons. The summed E-state index contributed by atoms with van der Waals surface area (Å²) < 4.78 is 0. The zero-order chi connectivity index (χ0) is 9.84. The molecule has 0 spiro atoms. The minimum Gasteiger partial charge on any atom is -0.481 e. The predicted molar refractivity (Wildman–Crippen MR) is 44.4 cm³/mol. The molecule has 0 amide bonds. The van der Waals surface area contributed by atoms with E-state index in [1.54, 1.807) is 0 Å². The molecule has 1 heterocycles. The largest absolute Gasteiger partial charge is 0.481 e. The van der Waals surface area contributed by atoms with Gasteiger partial charge in [0.05, 0.1) is 11.8 Å². The smallest absolute Gasteiger partial charge is 0.307 e. The molecule has 2 atom stereocenters. The molecule has 1 fully saturated rings. The third-order valence-corrected chi connectivity index (χ3v) is 2.38. The lowest BCUT2D eigenvalue weighted by Crippen LogP contribution is -2.29. The van der Waals surface area contributed by atoms with Crippen LogP contribution in [0.15, 0.2) is 0 Å². The number of carboxylic acids is 2. The van der Waals surface area contributed by atoms with Gasteiger partial charge in [-0.05, 0) is 25.9 Å². The van der Waals surface area contributed by atoms with Crippen molar-refractivity contribution < 1.29 is 19.8 Å². The van der Waals surface area contributed by atoms with Crippen LogP contribution in [0.3, 0.4) is 0 Å². The van der Waals surface area contributed by atoms with E-state index in [1.165, 1.54) is 0 Å². The Balaban J connectivity index is 2.72. The molecule has 1 aliphatic rings. The van der Waals surface area contributed by atoms with Gasteiger partial charge in [-0.3, -0.25) is 9.59 Å². The lowest BCUT2D eigenvalue weighted by Gasteiger charge is -2.15. The molecule has 2 unspecified atom stereocenters. The maximum absolute atomic E-state index is 10.7. The Bertz CT molecular complexity index is 194. The quantitative estimate of drug-likeness (QED) is 0.556. The van der Waals surface area contributed by atoms with E-state index in [-0.39, 0.29) is 0 Å². The molecular weight excluding hydrogens is 174 g/mol. The van der Waals surface area contributed by atoms with Gasteiger partial charge in [0.25, 0.3) is 0 Å². The van der Waals surface area contributed by atoms with Gasteiger partial charge in [-0.1, -0.05) is 0 Å². The maximum atomic E-state index is 10.7. The third-order valence-electron chi connectivity index (χ3n) is 2.38. The Morgan fingerprint density at radius 3 is 1.69 bits per heavy atom. The van der Waals surface area contributed by atoms with E-state index >= 15 is 0 Å². The first-order chi connectivity index (χ1) is 6.13. The lowest BCUT2D eigenvalue weighted by atomic mass is 9.88. The van der Waals surface area contributed by atoms with Crippen molar-refractivity contribution in [3.8, 4) is 0 Å². The minimum absolute atomic E-state index is 0.395. The van der Waals surface area contributed by atoms with Gasteiger partial charge in [0.1, 0.15) is 0 Å². The van der Waals surface area contributed by atoms with Crippen LogP contribution in [0.2, 0.25) is 0 Å². The first-order valence-corrected chi connectivity index (χ1v) is 4.29. The fourth-order valence-electron chi connectivity index (χ4n) is 1.63. The normalized spacial score (nSPS) is 29.2. The molecule has 13 heavy (non-hydrogen) atoms. The highest BCUT2D eigenvalue weighted by atomic mass is 16.4. The summed E-state index contributed by atoms with van der Waals surface area (Å²) in [5, 5.41) is 20.6. The molecule has 5 heteroatoms. The molecular formula is C8H13NO4. The number of carboxylic acid groups (broad SMARTS) is 2. The van der Waals surface area contributed by atoms with Crippen LogP contribution in [0.25, 0.3) is 0 Å². The molecule has 0 aromatic heterocycles. The molecule has 1 saturated heterocycles. The Morgan fingerprint density at radius 2 is 1.38 bits per heavy atom. The second-order valence-electron chi connectivity index (χ2n) is 3.22. The van der Waals surface area contributed by atoms with Crippen LogP contribution in [-0.4, -0.2) is 35.2 Å². The third kappa shape index (κ3) is 2.42. The molecule has 5 nitrogen and oxygen atoms in total. The van der Waals surface area contributed by atoms with E-state index in [4.69, 9.17) is 10.2 Å². The van der Waals surface area contributed by atoms with Gasteiger partial charge < -0.3 is 15.5 Å². The average Bonchev–Trinajstić information content (AvgIpc) is 2.27. The molecule has 0 bridgehead atoms. The van der Waals surface area contributed by atoms with Crippen LogP contribution >= 0.6 is 0 Å². The van der Waals surface area contributed by atoms with Gasteiger partial charge in [0.15, 0.2) is 0 Å². The Hall–Kier alpha value is -1.10. The topological polar surface area (TPSA) is 86.6 Å². The summed E-state index contributed by atoms with van der Waals surface area (Å²) in [5.74, 6) is -3.49. The van der Waals surface area contributed by atoms with E-state index in [0.29, 0.717) is 25.9 Å². The van der Waals surface area contributed by atoms with Crippen LogP contribution in [0.1, 0.15) is 12.8 Å². The van der Waals surface area contributed by atoms with Gasteiger partial charge in [-0.2, -0.15) is 0 Å². The highest BCUT2D eigenvalue weighted by Crippen LogP contribution is 2.21. The number of hydrogen-bond donors (Lipinski definition) is 3. The molecule has 0 aromatic rings. The standard InChI is InChI=1S/C8H13NO4/c10-7(11)5-1-3-9-4-2-6(5)8(12)13/h5-6,9H,1-4H2,(H,10,11)(H,12,13). The van der Waals surface area contributed by atoms with Gasteiger partial charge >= 0.3 is 11.9 Å². The summed E-state index contributed by atoms with van der Waals surface area (Å²) in [6.07, 6.45) is 0.790. The number of carbonyl (C=O) groups is 2. The summed E-state index contributed by atoms with van der Waals surface area (Å²) in [6, 6.07) is 0. The monoisotopic (exact) mass is 187 g/mol. The van der Waals surface area contributed by atoms with E-state index in [9.17, 15) is 9.59 Å². The first kappa shape index (κ1) is 9.98. The Labute approximate surface area is 75.7 Å². The summed E-state index contributed by atoms with van der Waals surface area (Å²) >= 11 is 0. The summed E-state index contributed by atoms with van der Waals surface area (Å²) in [4.78, 5) is 21.5. The van der Waals surface area contributed by atoms with E-state index in [0.717, 1.165) is 0 Å². The summed E-state index contributed by atoms with van der Waals surface area (Å²) in [7, 11) is 0. The first-order valence-electron chi connectivity index (χ1n) is 4.29. The predicted octanol–water partition coefficient (Wildman–Crippen LogP) is -0.229. The zero-order valence-electron chi connectivity index (χ0n) is 7.19. The van der Waals surface area contributed by atoms with Crippen LogP contribution in [0.4, 0.5) is 0 Å². The van der Waals surface area contributed by atoms with Crippen LogP contribution < -0.4 is 5.32 Å². The van der Waals surface area contributed by atoms with Crippen molar-refractivity contribution in [3.05, 3.63) is 0 Å². The van der Waals surface area contributed by atoms with Crippen molar-refractivity contribution in [2.45, 2.75) is 12.8 Å². The van der Waals surface area contributed by atoms with Crippen LogP contribution in [-0.2, 0) is 9.59 Å². The number of rotatable bonds is 2. The highest BCUT2D eigenvalue weighted by molar-refractivity contribution is 5.80. The SMILES string of the molecule is O=C(O)C1CCNCCC1C(=O)O. The summed E-state index contributed by atoms with van der Waals surface area (Å²) in [6.45, 7) is 1.17. The Kier molecular flexibility index (Phi) is 3.25. The fraction of sp³-hybridized carbons (Fsp3) is 0.750. The molecule has 1 aliphatic heterocycles. The van der Waals surface area contributed by atoms with Gasteiger partial charge in [0, 0.05) is 0 Å². The fourth-order valence-corrected chi connectivity index (χ4v) is 1.63. The van der Waals surface area contributed by atoms with Crippen molar-refractivity contribution in [2.24, 2.45) is 11.8 Å². The van der Waals surface area contributed by atoms with E-state index in [1.807, 2.05) is 0 Å². The van der Waals surface area contributed by atoms with Gasteiger partial charge in [0.2, 0.25) is 0 Å². The Morgan fingerprint density at radius 1 is 1.00 bits per heavy atom. The summed E-state index contributed by atoms with van der Waals surface area (Å²) in [5.41, 5.74) is 0. The second-order valence-corrected chi connectivity index (χ2v) is 3.22. The minimum atomic E-state index is -1.00. The molecule has 74 valence electrons. The number of hydrogen-bond acceptors (Lipinski definition) is 3. The number of nitrogens with one attached hydrogen (secondary N) is 1. The van der Waals surface area contributed by atoms with Gasteiger partial charge in [-0.15, -0.1) is 0 Å². The number of aliphatic carboxylic acids is 2. The molecule has 0 aromatic carbocycles. The van der Waals surface area contributed by atoms with E-state index in [2.05, 4.69) is 5.32 Å². The maximum Gasteiger partial charge on any atom is 0.307 e. The molecule has 0 aliphatic carbocycles. The van der Waals surface area contributed by atoms with Crippen molar-refractivity contribution in [1.82, 2.24) is 5.32 Å². The van der Waals surface area contributed by atoms with Crippen molar-refractivity contribution in [1.29, 1.82) is 0 Å². The van der Waals surface area contributed by atoms with Gasteiger partial charge in [-0.25, -0.2) is 0 Å². The van der Waals surface area contributed by atoms with Crippen LogP contribution in [0.5, 0.6) is 0 Å². The molecule has 0 saturated carbocycles. The zero-order valence-corrected chi connectivity index (χ0v) is 7.19. The van der Waals surface area contributed by atoms with E-state index < -0.39 is 23.8 Å². The highest BCUT2D eigenvalue weighted by Gasteiger charge is 2.34. The molecule has 1 rings (SSSR count). The molecule has 3 N–H and O–H groups in total. The average molecular weight is 187 g/mol. The van der Waals surface area contributed by atoms with Crippen molar-refractivity contribution in [2.75, 3.05) is 13.1 Å². The van der Waals surface area contributed by atoms with Crippen molar-refractivity contribution >= 4 is 11.9 Å².